The number of carbonyl (C=O) groups excluding carboxylic acids is 2. The monoisotopic (exact) mass is 667 g/mol. The number of esters is 1. The van der Waals surface area contributed by atoms with Crippen LogP contribution < -0.4 is 9.64 Å². The molecule has 5 aliphatic rings. The van der Waals surface area contributed by atoms with Gasteiger partial charge in [0.25, 0.3) is 0 Å². The number of rotatable bonds is 10. The molecule has 5 saturated carbocycles. The van der Waals surface area contributed by atoms with Gasteiger partial charge in [0.1, 0.15) is 29.1 Å². The van der Waals surface area contributed by atoms with E-state index < -0.39 is 5.60 Å². The van der Waals surface area contributed by atoms with E-state index in [0.717, 1.165) is 99.9 Å². The van der Waals surface area contributed by atoms with Crippen LogP contribution in [0, 0.1) is 24.2 Å². The second-order valence-corrected chi connectivity index (χ2v) is 16.6. The molecule has 3 aromatic rings. The third-order valence-electron chi connectivity index (χ3n) is 12.0. The first-order valence-electron chi connectivity index (χ1n) is 18.6. The Kier molecular flexibility index (Phi) is 9.12. The van der Waals surface area contributed by atoms with Crippen LogP contribution >= 0.6 is 0 Å². The number of fused-ring (bicyclic) bond motifs is 3. The number of carbonyl (C=O) groups is 2. The van der Waals surface area contributed by atoms with E-state index in [0.29, 0.717) is 24.7 Å². The van der Waals surface area contributed by atoms with Crippen molar-refractivity contribution in [3.05, 3.63) is 59.8 Å². The molecule has 2 heterocycles. The van der Waals surface area contributed by atoms with Crippen molar-refractivity contribution in [2.75, 3.05) is 18.6 Å². The zero-order chi connectivity index (χ0) is 34.4. The lowest BCUT2D eigenvalue weighted by molar-refractivity contribution is -0.156. The quantitative estimate of drug-likeness (QED) is 0.199. The van der Waals surface area contributed by atoms with Crippen LogP contribution in [0.4, 0.5) is 5.82 Å². The van der Waals surface area contributed by atoms with E-state index in [1.165, 1.54) is 11.1 Å². The van der Waals surface area contributed by atoms with Gasteiger partial charge in [-0.15, -0.1) is 0 Å². The highest BCUT2D eigenvalue weighted by atomic mass is 16.6. The molecule has 2 aromatic heterocycles. The molecule has 0 atom stereocenters. The lowest BCUT2D eigenvalue weighted by Crippen LogP contribution is -2.52. The van der Waals surface area contributed by atoms with Gasteiger partial charge in [-0.3, -0.25) is 14.5 Å². The average molecular weight is 668 g/mol. The minimum Gasteiger partial charge on any atom is -0.496 e. The van der Waals surface area contributed by atoms with Crippen LogP contribution in [-0.4, -0.2) is 41.1 Å². The molecule has 0 radical (unpaired) electrons. The zero-order valence-corrected chi connectivity index (χ0v) is 30.1. The molecule has 262 valence electrons. The standard InChI is InChI=1S/C41H53N3O5/c1-27-22-32(12-13-34(27)47-5)41-18-15-40(16-19-41,17-20-41)26-44(35-24-31(14-21-42-35)33-25-48-37(43-33)29-10-11-29)38(46)30-8-6-28(7-9-30)23-36(45)49-39(2,3)4/h12-14,21-22,24-25,28-30H,6-11,15-20,23,26H2,1-5H3. The molecule has 0 unspecified atom stereocenters. The molecule has 8 nitrogen and oxygen atoms in total. The summed E-state index contributed by atoms with van der Waals surface area (Å²) in [6.07, 6.45) is 16.2. The fourth-order valence-corrected chi connectivity index (χ4v) is 8.87. The molecule has 5 aliphatic carbocycles. The highest BCUT2D eigenvalue weighted by molar-refractivity contribution is 5.95. The number of anilines is 1. The Bertz CT molecular complexity index is 1650. The third-order valence-corrected chi connectivity index (χ3v) is 12.0. The number of oxazole rings is 1. The van der Waals surface area contributed by atoms with Crippen LogP contribution in [-0.2, 0) is 19.7 Å². The van der Waals surface area contributed by atoms with Crippen molar-refractivity contribution in [3.8, 4) is 17.0 Å². The van der Waals surface area contributed by atoms with Crippen LogP contribution in [0.15, 0.2) is 47.2 Å². The summed E-state index contributed by atoms with van der Waals surface area (Å²) in [7, 11) is 1.74. The maximum Gasteiger partial charge on any atom is 0.306 e. The number of benzene rings is 1. The molecule has 1 amide bonds. The summed E-state index contributed by atoms with van der Waals surface area (Å²) in [6, 6.07) is 10.7. The summed E-state index contributed by atoms with van der Waals surface area (Å²) in [6.45, 7) is 8.54. The van der Waals surface area contributed by atoms with Gasteiger partial charge in [-0.25, -0.2) is 9.97 Å². The Morgan fingerprint density at radius 3 is 2.31 bits per heavy atom. The summed E-state index contributed by atoms with van der Waals surface area (Å²) < 4.78 is 17.0. The van der Waals surface area contributed by atoms with Gasteiger partial charge in [0, 0.05) is 36.6 Å². The minimum absolute atomic E-state index is 0.0670. The maximum absolute atomic E-state index is 14.6. The lowest BCUT2D eigenvalue weighted by Gasteiger charge is -2.55. The Hall–Kier alpha value is -3.68. The minimum atomic E-state index is -0.483. The zero-order valence-electron chi connectivity index (χ0n) is 30.1. The summed E-state index contributed by atoms with van der Waals surface area (Å²) >= 11 is 0. The maximum atomic E-state index is 14.6. The van der Waals surface area contributed by atoms with Crippen LogP contribution in [0.2, 0.25) is 0 Å². The van der Waals surface area contributed by atoms with Crippen molar-refractivity contribution in [1.82, 2.24) is 9.97 Å². The van der Waals surface area contributed by atoms with Crippen LogP contribution in [0.3, 0.4) is 0 Å². The first kappa shape index (κ1) is 33.8. The van der Waals surface area contributed by atoms with Gasteiger partial charge in [0.15, 0.2) is 5.89 Å². The molecule has 1 aromatic carbocycles. The van der Waals surface area contributed by atoms with Crippen molar-refractivity contribution < 1.29 is 23.5 Å². The molecule has 0 N–H and O–H groups in total. The molecule has 0 saturated heterocycles. The second-order valence-electron chi connectivity index (χ2n) is 16.6. The molecule has 8 heteroatoms. The average Bonchev–Trinajstić information content (AvgIpc) is 3.83. The predicted molar refractivity (Wildman–Crippen MR) is 190 cm³/mol. The van der Waals surface area contributed by atoms with Gasteiger partial charge in [0.2, 0.25) is 5.91 Å². The number of hydrogen-bond acceptors (Lipinski definition) is 7. The number of nitrogens with zero attached hydrogens (tertiary/aromatic N) is 3. The number of aryl methyl sites for hydroxylation is 1. The summed E-state index contributed by atoms with van der Waals surface area (Å²) in [5.41, 5.74) is 4.14. The first-order valence-corrected chi connectivity index (χ1v) is 18.6. The fourth-order valence-electron chi connectivity index (χ4n) is 8.87. The fraction of sp³-hybridized carbons (Fsp3) is 0.610. The Balaban J connectivity index is 1.10. The van der Waals surface area contributed by atoms with Crippen LogP contribution in [0.5, 0.6) is 5.75 Å². The van der Waals surface area contributed by atoms with Gasteiger partial charge in [-0.2, -0.15) is 0 Å². The van der Waals surface area contributed by atoms with E-state index in [4.69, 9.17) is 23.9 Å². The van der Waals surface area contributed by atoms with E-state index in [-0.39, 0.29) is 34.5 Å². The number of hydrogen-bond donors (Lipinski definition) is 0. The molecule has 0 spiro atoms. The summed E-state index contributed by atoms with van der Waals surface area (Å²) in [5.74, 6) is 3.09. The largest absolute Gasteiger partial charge is 0.496 e. The smallest absolute Gasteiger partial charge is 0.306 e. The topological polar surface area (TPSA) is 94.8 Å². The van der Waals surface area contributed by atoms with Crippen molar-refractivity contribution in [2.24, 2.45) is 17.3 Å². The number of pyridine rings is 1. The van der Waals surface area contributed by atoms with Gasteiger partial charge in [0.05, 0.1) is 7.11 Å². The SMILES string of the molecule is COc1ccc(C23CCC(CN(C(=O)C4CCC(CC(=O)OC(C)(C)C)CC4)c4cc(-c5coc(C6CC6)n5)ccn4)(CC2)CC3)cc1C. The van der Waals surface area contributed by atoms with Crippen molar-refractivity contribution in [3.63, 3.8) is 0 Å². The van der Waals surface area contributed by atoms with E-state index in [1.54, 1.807) is 13.4 Å². The van der Waals surface area contributed by atoms with Crippen molar-refractivity contribution in [1.29, 1.82) is 0 Å². The van der Waals surface area contributed by atoms with Gasteiger partial charge in [-0.05, 0) is 151 Å². The first-order chi connectivity index (χ1) is 23.4. The molecule has 2 bridgehead atoms. The number of methoxy groups -OCH3 is 1. The van der Waals surface area contributed by atoms with Crippen molar-refractivity contribution >= 4 is 17.7 Å². The molecule has 49 heavy (non-hydrogen) atoms. The summed E-state index contributed by atoms with van der Waals surface area (Å²) in [4.78, 5) is 38.8. The third kappa shape index (κ3) is 7.29. The van der Waals surface area contributed by atoms with E-state index in [2.05, 4.69) is 25.1 Å². The Labute approximate surface area is 291 Å². The highest BCUT2D eigenvalue weighted by Crippen LogP contribution is 2.58. The number of amides is 1. The van der Waals surface area contributed by atoms with Gasteiger partial charge < -0.3 is 13.9 Å². The van der Waals surface area contributed by atoms with Gasteiger partial charge >= 0.3 is 5.97 Å². The Morgan fingerprint density at radius 2 is 1.67 bits per heavy atom. The van der Waals surface area contributed by atoms with E-state index >= 15 is 0 Å². The van der Waals surface area contributed by atoms with Crippen LogP contribution in [0.1, 0.15) is 127 Å². The highest BCUT2D eigenvalue weighted by Gasteiger charge is 2.51. The molecule has 8 rings (SSSR count). The molecular weight excluding hydrogens is 614 g/mol. The second kappa shape index (κ2) is 13.2. The molecule has 5 fully saturated rings. The molecular formula is C41H53N3O5. The van der Waals surface area contributed by atoms with Crippen molar-refractivity contribution in [2.45, 2.75) is 128 Å². The van der Waals surface area contributed by atoms with Crippen LogP contribution in [0.25, 0.3) is 11.3 Å². The van der Waals surface area contributed by atoms with E-state index in [9.17, 15) is 9.59 Å². The summed E-state index contributed by atoms with van der Waals surface area (Å²) in [5, 5.41) is 0. The van der Waals surface area contributed by atoms with E-state index in [1.807, 2.05) is 44.0 Å². The predicted octanol–water partition coefficient (Wildman–Crippen LogP) is 9.09. The lowest BCUT2D eigenvalue weighted by atomic mass is 9.51. The number of ether oxygens (including phenoxy) is 2. The number of aromatic nitrogens is 2. The van der Waals surface area contributed by atoms with Gasteiger partial charge in [-0.1, -0.05) is 12.1 Å². The Morgan fingerprint density at radius 1 is 0.959 bits per heavy atom. The normalized spacial score (nSPS) is 26.7. The molecule has 0 aliphatic heterocycles.